The number of carbonyl (C=O) groups excluding carboxylic acids is 2. The van der Waals surface area contributed by atoms with Crippen LogP contribution in [0.5, 0.6) is 0 Å². The van der Waals surface area contributed by atoms with E-state index in [2.05, 4.69) is 0 Å². The van der Waals surface area contributed by atoms with Crippen LogP contribution in [0.25, 0.3) is 0 Å². The summed E-state index contributed by atoms with van der Waals surface area (Å²) in [6.07, 6.45) is -0.0678. The zero-order chi connectivity index (χ0) is 20.4. The summed E-state index contributed by atoms with van der Waals surface area (Å²) in [4.78, 5) is 38.0. The largest absolute Gasteiger partial charge is 0.312 e. The molecule has 2 aromatic carbocycles. The molecule has 0 spiro atoms. The zero-order valence-electron chi connectivity index (χ0n) is 15.0. The van der Waals surface area contributed by atoms with Gasteiger partial charge in [0.15, 0.2) is 0 Å². The Hall–Kier alpha value is -3.36. The Kier molecular flexibility index (Phi) is 5.34. The fraction of sp³-hybridized carbons (Fsp3) is 0.263. The van der Waals surface area contributed by atoms with Crippen molar-refractivity contribution >= 4 is 28.9 Å². The van der Waals surface area contributed by atoms with Crippen molar-refractivity contribution in [1.82, 2.24) is 0 Å². The van der Waals surface area contributed by atoms with Crippen LogP contribution in [0.4, 0.5) is 25.8 Å². The summed E-state index contributed by atoms with van der Waals surface area (Å²) < 4.78 is 26.7. The Morgan fingerprint density at radius 1 is 1.25 bits per heavy atom. The van der Waals surface area contributed by atoms with Crippen molar-refractivity contribution in [2.24, 2.45) is 5.92 Å². The van der Waals surface area contributed by atoms with E-state index >= 15 is 0 Å². The van der Waals surface area contributed by atoms with Gasteiger partial charge in [0.1, 0.15) is 5.82 Å². The van der Waals surface area contributed by atoms with Crippen LogP contribution in [0.3, 0.4) is 0 Å². The molecule has 1 heterocycles. The van der Waals surface area contributed by atoms with Crippen molar-refractivity contribution in [2.75, 3.05) is 22.9 Å². The predicted octanol–water partition coefficient (Wildman–Crippen LogP) is 3.28. The minimum atomic E-state index is -0.999. The molecule has 9 heteroatoms. The minimum Gasteiger partial charge on any atom is -0.312 e. The van der Waals surface area contributed by atoms with Gasteiger partial charge in [0, 0.05) is 31.3 Å². The van der Waals surface area contributed by atoms with E-state index in [-0.39, 0.29) is 30.5 Å². The molecule has 1 fully saturated rings. The van der Waals surface area contributed by atoms with Crippen LogP contribution >= 0.6 is 0 Å². The molecule has 0 aromatic heterocycles. The summed E-state index contributed by atoms with van der Waals surface area (Å²) in [5.74, 6) is -2.77. The first-order valence-electron chi connectivity index (χ1n) is 8.63. The lowest BCUT2D eigenvalue weighted by Gasteiger charge is -2.24. The predicted molar refractivity (Wildman–Crippen MR) is 97.9 cm³/mol. The van der Waals surface area contributed by atoms with E-state index < -0.39 is 28.2 Å². The molecule has 1 saturated heterocycles. The number of carbonyl (C=O) groups is 2. The molecule has 1 atom stereocenters. The molecule has 2 amide bonds. The van der Waals surface area contributed by atoms with E-state index in [0.29, 0.717) is 12.2 Å². The molecule has 1 unspecified atom stereocenters. The second-order valence-corrected chi connectivity index (χ2v) is 6.36. The summed E-state index contributed by atoms with van der Waals surface area (Å²) in [7, 11) is 0. The topological polar surface area (TPSA) is 83.8 Å². The smallest absolute Gasteiger partial charge is 0.306 e. The first-order valence-corrected chi connectivity index (χ1v) is 8.63. The number of halogens is 2. The van der Waals surface area contributed by atoms with Gasteiger partial charge in [-0.25, -0.2) is 4.39 Å². The number of benzene rings is 2. The van der Waals surface area contributed by atoms with E-state index in [1.807, 2.05) is 0 Å². The zero-order valence-corrected chi connectivity index (χ0v) is 15.0. The van der Waals surface area contributed by atoms with Crippen molar-refractivity contribution in [3.05, 3.63) is 64.2 Å². The van der Waals surface area contributed by atoms with Gasteiger partial charge >= 0.3 is 5.69 Å². The molecule has 0 radical (unpaired) electrons. The highest BCUT2D eigenvalue weighted by atomic mass is 19.1. The molecule has 2 aromatic rings. The van der Waals surface area contributed by atoms with Crippen LogP contribution in [0.1, 0.15) is 13.3 Å². The summed E-state index contributed by atoms with van der Waals surface area (Å²) in [5, 5.41) is 10.9. The number of nitro groups is 1. The van der Waals surface area contributed by atoms with Gasteiger partial charge in [-0.1, -0.05) is 0 Å². The van der Waals surface area contributed by atoms with Crippen LogP contribution < -0.4 is 9.80 Å². The van der Waals surface area contributed by atoms with E-state index in [9.17, 15) is 28.5 Å². The molecule has 146 valence electrons. The molecule has 3 rings (SSSR count). The monoisotopic (exact) mass is 389 g/mol. The molecule has 0 bridgehead atoms. The molecule has 7 nitrogen and oxygen atoms in total. The SMILES string of the molecule is CCN(C(=O)C1CC(=O)N(c2ccc(F)c([N+](=O)[O-])c2)C1)c1ccc(F)cc1. The molecule has 1 aliphatic heterocycles. The molecule has 0 N–H and O–H groups in total. The number of hydrogen-bond acceptors (Lipinski definition) is 4. The number of rotatable bonds is 5. The summed E-state index contributed by atoms with van der Waals surface area (Å²) in [6, 6.07) is 8.63. The normalized spacial score (nSPS) is 16.3. The highest BCUT2D eigenvalue weighted by Gasteiger charge is 2.38. The second kappa shape index (κ2) is 7.71. The number of hydrogen-bond donors (Lipinski definition) is 0. The van der Waals surface area contributed by atoms with Crippen molar-refractivity contribution in [1.29, 1.82) is 0 Å². The van der Waals surface area contributed by atoms with Gasteiger partial charge in [0.25, 0.3) is 0 Å². The first kappa shape index (κ1) is 19.4. The van der Waals surface area contributed by atoms with Gasteiger partial charge in [0.2, 0.25) is 17.6 Å². The number of amides is 2. The molecular weight excluding hydrogens is 372 g/mol. The van der Waals surface area contributed by atoms with Gasteiger partial charge in [-0.2, -0.15) is 4.39 Å². The van der Waals surface area contributed by atoms with Crippen molar-refractivity contribution < 1.29 is 23.3 Å². The third-order valence-electron chi connectivity index (χ3n) is 4.63. The first-order chi connectivity index (χ1) is 13.3. The van der Waals surface area contributed by atoms with Crippen LogP contribution in [0.2, 0.25) is 0 Å². The maximum absolute atomic E-state index is 13.5. The highest BCUT2D eigenvalue weighted by Crippen LogP contribution is 2.31. The van der Waals surface area contributed by atoms with E-state index in [4.69, 9.17) is 0 Å². The fourth-order valence-corrected chi connectivity index (χ4v) is 3.24. The lowest BCUT2D eigenvalue weighted by molar-refractivity contribution is -0.387. The Morgan fingerprint density at radius 3 is 2.54 bits per heavy atom. The number of nitro benzene ring substituents is 1. The van der Waals surface area contributed by atoms with Crippen LogP contribution in [-0.2, 0) is 9.59 Å². The maximum atomic E-state index is 13.5. The van der Waals surface area contributed by atoms with Crippen molar-refractivity contribution in [2.45, 2.75) is 13.3 Å². The summed E-state index contributed by atoms with van der Waals surface area (Å²) >= 11 is 0. The molecule has 28 heavy (non-hydrogen) atoms. The Labute approximate surface area is 159 Å². The van der Waals surface area contributed by atoms with E-state index in [0.717, 1.165) is 12.1 Å². The fourth-order valence-electron chi connectivity index (χ4n) is 3.24. The maximum Gasteiger partial charge on any atom is 0.306 e. The Morgan fingerprint density at radius 2 is 1.93 bits per heavy atom. The average Bonchev–Trinajstić information content (AvgIpc) is 3.05. The van der Waals surface area contributed by atoms with E-state index in [1.165, 1.54) is 40.1 Å². The van der Waals surface area contributed by atoms with Gasteiger partial charge in [-0.05, 0) is 43.3 Å². The Balaban J connectivity index is 1.81. The number of nitrogens with zero attached hydrogens (tertiary/aromatic N) is 3. The molecule has 0 aliphatic carbocycles. The van der Waals surface area contributed by atoms with Gasteiger partial charge in [0.05, 0.1) is 16.5 Å². The minimum absolute atomic E-state index is 0.0259. The average molecular weight is 389 g/mol. The molecule has 0 saturated carbocycles. The Bertz CT molecular complexity index is 933. The third-order valence-corrected chi connectivity index (χ3v) is 4.63. The van der Waals surface area contributed by atoms with Crippen LogP contribution in [-0.4, -0.2) is 29.8 Å². The standard InChI is InChI=1S/C19H17F2N3O4/c1-2-22(14-5-3-13(20)4-6-14)19(26)12-9-18(25)23(11-12)15-7-8-16(21)17(10-15)24(27)28/h3-8,10,12H,2,9,11H2,1H3. The van der Waals surface area contributed by atoms with Crippen molar-refractivity contribution in [3.63, 3.8) is 0 Å². The van der Waals surface area contributed by atoms with Gasteiger partial charge in [-0.3, -0.25) is 19.7 Å². The molecular formula is C19H17F2N3O4. The van der Waals surface area contributed by atoms with Crippen molar-refractivity contribution in [3.8, 4) is 0 Å². The van der Waals surface area contributed by atoms with Gasteiger partial charge in [-0.15, -0.1) is 0 Å². The lowest BCUT2D eigenvalue weighted by Crippen LogP contribution is -2.37. The van der Waals surface area contributed by atoms with E-state index in [1.54, 1.807) is 6.92 Å². The number of anilines is 2. The summed E-state index contributed by atoms with van der Waals surface area (Å²) in [6.45, 7) is 2.12. The molecule has 1 aliphatic rings. The van der Waals surface area contributed by atoms with Gasteiger partial charge < -0.3 is 9.80 Å². The lowest BCUT2D eigenvalue weighted by atomic mass is 10.1. The third kappa shape index (κ3) is 3.68. The van der Waals surface area contributed by atoms with Crippen LogP contribution in [0.15, 0.2) is 42.5 Å². The highest BCUT2D eigenvalue weighted by molar-refractivity contribution is 6.04. The quantitative estimate of drug-likeness (QED) is 0.580. The second-order valence-electron chi connectivity index (χ2n) is 6.36. The van der Waals surface area contributed by atoms with Crippen LogP contribution in [0, 0.1) is 27.7 Å². The summed E-state index contributed by atoms with van der Waals surface area (Å²) in [5.41, 5.74) is -0.0583.